The van der Waals surface area contributed by atoms with Crippen LogP contribution in [0.5, 0.6) is 5.75 Å². The van der Waals surface area contributed by atoms with Gasteiger partial charge in [-0.05, 0) is 35.4 Å². The summed E-state index contributed by atoms with van der Waals surface area (Å²) in [6, 6.07) is 23.8. The third kappa shape index (κ3) is 5.86. The van der Waals surface area contributed by atoms with Crippen molar-refractivity contribution in [2.24, 2.45) is 10.1 Å². The van der Waals surface area contributed by atoms with Crippen LogP contribution in [0.1, 0.15) is 35.6 Å². The van der Waals surface area contributed by atoms with Crippen LogP contribution in [0.3, 0.4) is 0 Å². The van der Waals surface area contributed by atoms with Gasteiger partial charge in [0.25, 0.3) is 5.91 Å². The molecule has 0 spiro atoms. The number of nitrogens with zero attached hydrogens (tertiary/aromatic N) is 4. The molecule has 3 aromatic rings. The van der Waals surface area contributed by atoms with E-state index in [2.05, 4.69) is 21.9 Å². The second-order valence-corrected chi connectivity index (χ2v) is 8.70. The standard InChI is InChI=1S/C29H29N5O4/c1-2-17-29(28(36)31-20-21-9-4-3-5-10-21)26(24-11-6-7-12-25(24)33-34-30)38-27(32-29)22-13-15-23(16-14-22)37-19-8-18-35/h2-7,9-16,26,35H,1,8,17-20H2,(H,31,36)/t26-,29-/m1/s1. The molecule has 3 aromatic carbocycles. The minimum Gasteiger partial charge on any atom is -0.494 e. The van der Waals surface area contributed by atoms with Gasteiger partial charge in [-0.2, -0.15) is 0 Å². The van der Waals surface area contributed by atoms with Gasteiger partial charge in [-0.1, -0.05) is 65.8 Å². The Labute approximate surface area is 221 Å². The minimum atomic E-state index is -1.39. The van der Waals surface area contributed by atoms with E-state index < -0.39 is 11.6 Å². The number of hydrogen-bond donors (Lipinski definition) is 2. The zero-order valence-electron chi connectivity index (χ0n) is 20.9. The van der Waals surface area contributed by atoms with Gasteiger partial charge in [0, 0.05) is 47.7 Å². The highest BCUT2D eigenvalue weighted by atomic mass is 16.5. The maximum atomic E-state index is 13.9. The van der Waals surface area contributed by atoms with Gasteiger partial charge in [0.05, 0.1) is 6.61 Å². The van der Waals surface area contributed by atoms with Crippen LogP contribution in [-0.4, -0.2) is 35.7 Å². The van der Waals surface area contributed by atoms with E-state index in [1.54, 1.807) is 54.6 Å². The highest BCUT2D eigenvalue weighted by Crippen LogP contribution is 2.45. The van der Waals surface area contributed by atoms with Crippen molar-refractivity contribution in [3.63, 3.8) is 0 Å². The van der Waals surface area contributed by atoms with Crippen molar-refractivity contribution in [3.8, 4) is 5.75 Å². The van der Waals surface area contributed by atoms with Crippen molar-refractivity contribution in [1.29, 1.82) is 0 Å². The lowest BCUT2D eigenvalue weighted by Crippen LogP contribution is -2.47. The normalized spacial score (nSPS) is 18.0. The van der Waals surface area contributed by atoms with Crippen LogP contribution in [-0.2, 0) is 16.1 Å². The number of aliphatic hydroxyl groups excluding tert-OH is 1. The largest absolute Gasteiger partial charge is 0.494 e. The number of rotatable bonds is 12. The Balaban J connectivity index is 1.72. The number of benzene rings is 3. The summed E-state index contributed by atoms with van der Waals surface area (Å²) < 4.78 is 12.0. The van der Waals surface area contributed by atoms with E-state index in [1.165, 1.54) is 0 Å². The predicted molar refractivity (Wildman–Crippen MR) is 145 cm³/mol. The molecule has 0 saturated carbocycles. The van der Waals surface area contributed by atoms with Gasteiger partial charge in [-0.3, -0.25) is 4.79 Å². The Hall–Kier alpha value is -4.59. The second kappa shape index (κ2) is 12.6. The van der Waals surface area contributed by atoms with Gasteiger partial charge in [0.15, 0.2) is 11.6 Å². The van der Waals surface area contributed by atoms with Gasteiger partial charge < -0.3 is 19.9 Å². The topological polar surface area (TPSA) is 129 Å². The first-order chi connectivity index (χ1) is 18.6. The van der Waals surface area contributed by atoms with E-state index in [4.69, 9.17) is 25.1 Å². The molecule has 38 heavy (non-hydrogen) atoms. The molecule has 0 aromatic heterocycles. The Morgan fingerprint density at radius 2 is 1.89 bits per heavy atom. The summed E-state index contributed by atoms with van der Waals surface area (Å²) >= 11 is 0. The molecule has 0 aliphatic carbocycles. The number of amides is 1. The number of azide groups is 1. The van der Waals surface area contributed by atoms with Crippen LogP contribution >= 0.6 is 0 Å². The molecule has 0 bridgehead atoms. The number of carbonyl (C=O) groups is 1. The van der Waals surface area contributed by atoms with Gasteiger partial charge in [0.2, 0.25) is 5.90 Å². The Kier molecular flexibility index (Phi) is 8.77. The molecule has 2 atom stereocenters. The molecular weight excluding hydrogens is 482 g/mol. The van der Waals surface area contributed by atoms with Crippen LogP contribution in [0, 0.1) is 0 Å². The molecule has 0 saturated heterocycles. The molecule has 4 rings (SSSR count). The van der Waals surface area contributed by atoms with E-state index in [0.29, 0.717) is 42.1 Å². The molecule has 1 aliphatic rings. The quantitative estimate of drug-likeness (QED) is 0.109. The molecule has 9 heteroatoms. The molecular formula is C29H29N5O4. The van der Waals surface area contributed by atoms with Crippen LogP contribution in [0.15, 0.2) is 102 Å². The molecule has 0 unspecified atom stereocenters. The van der Waals surface area contributed by atoms with Crippen molar-refractivity contribution >= 4 is 17.5 Å². The van der Waals surface area contributed by atoms with E-state index in [1.807, 2.05) is 30.3 Å². The monoisotopic (exact) mass is 511 g/mol. The first-order valence-corrected chi connectivity index (χ1v) is 12.3. The Morgan fingerprint density at radius 3 is 2.61 bits per heavy atom. The number of aliphatic hydroxyl groups is 1. The fourth-order valence-electron chi connectivity index (χ4n) is 4.29. The van der Waals surface area contributed by atoms with E-state index in [0.717, 1.165) is 5.56 Å². The smallest absolute Gasteiger partial charge is 0.252 e. The highest BCUT2D eigenvalue weighted by molar-refractivity contribution is 6.01. The first-order valence-electron chi connectivity index (χ1n) is 12.3. The van der Waals surface area contributed by atoms with Crippen LogP contribution in [0.2, 0.25) is 0 Å². The fourth-order valence-corrected chi connectivity index (χ4v) is 4.29. The molecule has 194 valence electrons. The van der Waals surface area contributed by atoms with E-state index in [-0.39, 0.29) is 24.8 Å². The zero-order chi connectivity index (χ0) is 26.8. The van der Waals surface area contributed by atoms with Crippen molar-refractivity contribution in [3.05, 3.63) is 119 Å². The van der Waals surface area contributed by atoms with Gasteiger partial charge in [-0.15, -0.1) is 6.58 Å². The third-order valence-corrected chi connectivity index (χ3v) is 6.15. The van der Waals surface area contributed by atoms with Crippen molar-refractivity contribution in [1.82, 2.24) is 5.32 Å². The van der Waals surface area contributed by atoms with Crippen molar-refractivity contribution in [2.45, 2.75) is 31.0 Å². The summed E-state index contributed by atoms with van der Waals surface area (Å²) in [5.41, 5.74) is 10.3. The lowest BCUT2D eigenvalue weighted by molar-refractivity contribution is -0.129. The molecule has 1 amide bonds. The maximum absolute atomic E-state index is 13.9. The predicted octanol–water partition coefficient (Wildman–Crippen LogP) is 5.54. The summed E-state index contributed by atoms with van der Waals surface area (Å²) in [5.74, 6) is 0.592. The number of carbonyl (C=O) groups excluding carboxylic acids is 1. The van der Waals surface area contributed by atoms with Gasteiger partial charge in [0.1, 0.15) is 5.75 Å². The lowest BCUT2D eigenvalue weighted by atomic mass is 9.83. The minimum absolute atomic E-state index is 0.0547. The average Bonchev–Trinajstić information content (AvgIpc) is 3.34. The molecule has 2 N–H and O–H groups in total. The summed E-state index contributed by atoms with van der Waals surface area (Å²) in [7, 11) is 0. The second-order valence-electron chi connectivity index (χ2n) is 8.70. The average molecular weight is 512 g/mol. The molecule has 1 aliphatic heterocycles. The Morgan fingerprint density at radius 1 is 1.16 bits per heavy atom. The van der Waals surface area contributed by atoms with Crippen molar-refractivity contribution < 1.29 is 19.4 Å². The third-order valence-electron chi connectivity index (χ3n) is 6.15. The fraction of sp³-hybridized carbons (Fsp3) is 0.241. The summed E-state index contributed by atoms with van der Waals surface area (Å²) in [6.07, 6.45) is 1.49. The van der Waals surface area contributed by atoms with Crippen LogP contribution < -0.4 is 10.1 Å². The number of aliphatic imine (C=N–C) groups is 1. The molecule has 9 nitrogen and oxygen atoms in total. The van der Waals surface area contributed by atoms with Crippen LogP contribution in [0.25, 0.3) is 10.4 Å². The zero-order valence-corrected chi connectivity index (χ0v) is 20.9. The Bertz CT molecular complexity index is 1340. The summed E-state index contributed by atoms with van der Waals surface area (Å²) in [4.78, 5) is 21.7. The maximum Gasteiger partial charge on any atom is 0.252 e. The molecule has 1 heterocycles. The van der Waals surface area contributed by atoms with Crippen LogP contribution in [0.4, 0.5) is 5.69 Å². The van der Waals surface area contributed by atoms with Gasteiger partial charge >= 0.3 is 0 Å². The number of nitrogens with one attached hydrogen (secondary N) is 1. The lowest BCUT2D eigenvalue weighted by Gasteiger charge is -2.30. The van der Waals surface area contributed by atoms with Crippen molar-refractivity contribution in [2.75, 3.05) is 13.2 Å². The first kappa shape index (κ1) is 26.5. The summed E-state index contributed by atoms with van der Waals surface area (Å²) in [5, 5.41) is 15.8. The highest BCUT2D eigenvalue weighted by Gasteiger charge is 2.52. The van der Waals surface area contributed by atoms with E-state index in [9.17, 15) is 4.79 Å². The molecule has 0 fully saturated rings. The number of hydrogen-bond acceptors (Lipinski definition) is 6. The van der Waals surface area contributed by atoms with E-state index >= 15 is 0 Å². The molecule has 0 radical (unpaired) electrons. The number of ether oxygens (including phenoxy) is 2. The SMILES string of the molecule is C=CC[C@@]1(C(=O)NCc2ccccc2)N=C(c2ccc(OCCCO)cc2)O[C@@H]1c1ccccc1N=[N+]=[N-]. The summed E-state index contributed by atoms with van der Waals surface area (Å²) in [6.45, 7) is 4.65. The van der Waals surface area contributed by atoms with Gasteiger partial charge in [-0.25, -0.2) is 4.99 Å².